The van der Waals surface area contributed by atoms with Gasteiger partial charge in [-0.05, 0) is 30.5 Å². The lowest BCUT2D eigenvalue weighted by Gasteiger charge is -2.14. The number of anilines is 1. The van der Waals surface area contributed by atoms with Crippen LogP contribution >= 0.6 is 11.6 Å². The molecule has 0 aliphatic heterocycles. The van der Waals surface area contributed by atoms with E-state index in [0.717, 1.165) is 17.4 Å². The lowest BCUT2D eigenvalue weighted by Crippen LogP contribution is -2.43. The van der Waals surface area contributed by atoms with Gasteiger partial charge in [0.2, 0.25) is 5.91 Å². The van der Waals surface area contributed by atoms with Gasteiger partial charge < -0.3 is 9.88 Å². The standard InChI is InChI=1S/C21H26ClN5O3/c1-4-5-9-25-13-23-19-18(25)20(29)27(21(30)26(19)11-14(2)3)12-17(28)24-16-8-6-7-15(22)10-16/h6-8,10,13-14H,4-5,9,11-12H2,1-3H3,(H,24,28). The quantitative estimate of drug-likeness (QED) is 0.593. The Hall–Kier alpha value is -2.87. The maximum atomic E-state index is 13.2. The zero-order chi connectivity index (χ0) is 21.8. The van der Waals surface area contributed by atoms with Gasteiger partial charge in [-0.1, -0.05) is 44.9 Å². The van der Waals surface area contributed by atoms with E-state index in [9.17, 15) is 14.4 Å². The summed E-state index contributed by atoms with van der Waals surface area (Å²) in [5, 5.41) is 3.16. The number of nitrogens with one attached hydrogen (secondary N) is 1. The van der Waals surface area contributed by atoms with Gasteiger partial charge in [0.25, 0.3) is 5.56 Å². The first-order valence-electron chi connectivity index (χ1n) is 10.1. The van der Waals surface area contributed by atoms with Crippen LogP contribution in [0.3, 0.4) is 0 Å². The van der Waals surface area contributed by atoms with Crippen LogP contribution in [0.1, 0.15) is 33.6 Å². The summed E-state index contributed by atoms with van der Waals surface area (Å²) in [5.74, 6) is -0.315. The van der Waals surface area contributed by atoms with Crippen molar-refractivity contribution in [1.29, 1.82) is 0 Å². The first-order chi connectivity index (χ1) is 14.3. The molecule has 0 unspecified atom stereocenters. The molecule has 30 heavy (non-hydrogen) atoms. The number of halogens is 1. The smallest absolute Gasteiger partial charge is 0.325 e. The van der Waals surface area contributed by atoms with Crippen molar-refractivity contribution in [3.63, 3.8) is 0 Å². The van der Waals surface area contributed by atoms with Gasteiger partial charge in [0.1, 0.15) is 6.54 Å². The van der Waals surface area contributed by atoms with Crippen molar-refractivity contribution in [2.75, 3.05) is 5.32 Å². The van der Waals surface area contributed by atoms with Crippen molar-refractivity contribution in [3.05, 3.63) is 56.5 Å². The number of carbonyl (C=O) groups excluding carboxylic acids is 1. The van der Waals surface area contributed by atoms with E-state index in [2.05, 4.69) is 17.2 Å². The molecule has 1 N–H and O–H groups in total. The van der Waals surface area contributed by atoms with Crippen molar-refractivity contribution >= 4 is 34.4 Å². The largest absolute Gasteiger partial charge is 0.333 e. The number of nitrogens with zero attached hydrogens (tertiary/aromatic N) is 4. The second kappa shape index (κ2) is 9.30. The van der Waals surface area contributed by atoms with Crippen LogP contribution in [-0.4, -0.2) is 24.6 Å². The summed E-state index contributed by atoms with van der Waals surface area (Å²) in [6, 6.07) is 6.69. The van der Waals surface area contributed by atoms with Crippen molar-refractivity contribution in [2.45, 2.75) is 53.2 Å². The zero-order valence-corrected chi connectivity index (χ0v) is 18.1. The van der Waals surface area contributed by atoms with Crippen molar-refractivity contribution in [1.82, 2.24) is 18.7 Å². The van der Waals surface area contributed by atoms with E-state index in [4.69, 9.17) is 11.6 Å². The third-order valence-electron chi connectivity index (χ3n) is 4.69. The minimum absolute atomic E-state index is 0.165. The Morgan fingerprint density at radius 2 is 2.00 bits per heavy atom. The van der Waals surface area contributed by atoms with E-state index in [1.54, 1.807) is 35.2 Å². The molecule has 0 aliphatic carbocycles. The Morgan fingerprint density at radius 1 is 1.23 bits per heavy atom. The Kier molecular flexibility index (Phi) is 6.77. The fraction of sp³-hybridized carbons (Fsp3) is 0.429. The third kappa shape index (κ3) is 4.64. The number of fused-ring (bicyclic) bond motifs is 1. The number of aryl methyl sites for hydroxylation is 1. The average molecular weight is 432 g/mol. The van der Waals surface area contributed by atoms with Crippen LogP contribution in [0.4, 0.5) is 5.69 Å². The Morgan fingerprint density at radius 3 is 2.67 bits per heavy atom. The number of aromatic nitrogens is 4. The molecular formula is C21H26ClN5O3. The van der Waals surface area contributed by atoms with E-state index in [1.807, 2.05) is 13.8 Å². The molecule has 1 amide bonds. The van der Waals surface area contributed by atoms with Crippen molar-refractivity contribution in [3.8, 4) is 0 Å². The van der Waals surface area contributed by atoms with Crippen LogP contribution in [0.5, 0.6) is 0 Å². The van der Waals surface area contributed by atoms with Gasteiger partial charge in [-0.25, -0.2) is 14.3 Å². The molecule has 0 aliphatic rings. The van der Waals surface area contributed by atoms with Gasteiger partial charge in [-0.3, -0.25) is 14.2 Å². The molecule has 2 aromatic heterocycles. The molecule has 0 saturated carbocycles. The van der Waals surface area contributed by atoms with Crippen LogP contribution in [0.15, 0.2) is 40.2 Å². The number of benzene rings is 1. The molecule has 1 aromatic carbocycles. The molecule has 0 radical (unpaired) electrons. The average Bonchev–Trinajstić information content (AvgIpc) is 3.10. The molecule has 0 saturated heterocycles. The summed E-state index contributed by atoms with van der Waals surface area (Å²) in [4.78, 5) is 43.2. The first-order valence-corrected chi connectivity index (χ1v) is 10.4. The minimum atomic E-state index is -0.539. The SMILES string of the molecule is CCCCn1cnc2c1c(=O)n(CC(=O)Nc1cccc(Cl)c1)c(=O)n2CC(C)C. The van der Waals surface area contributed by atoms with E-state index in [0.29, 0.717) is 35.0 Å². The van der Waals surface area contributed by atoms with Gasteiger partial charge >= 0.3 is 5.69 Å². The van der Waals surface area contributed by atoms with Crippen LogP contribution in [0, 0.1) is 5.92 Å². The Labute approximate surface area is 179 Å². The molecule has 3 aromatic rings. The number of carbonyl (C=O) groups is 1. The summed E-state index contributed by atoms with van der Waals surface area (Å²) >= 11 is 5.95. The van der Waals surface area contributed by atoms with Crippen molar-refractivity contribution in [2.24, 2.45) is 5.92 Å². The minimum Gasteiger partial charge on any atom is -0.325 e. The van der Waals surface area contributed by atoms with Crippen molar-refractivity contribution < 1.29 is 4.79 Å². The molecule has 160 valence electrons. The predicted molar refractivity (Wildman–Crippen MR) is 118 cm³/mol. The van der Waals surface area contributed by atoms with Gasteiger partial charge in [0, 0.05) is 23.8 Å². The fourth-order valence-corrected chi connectivity index (χ4v) is 3.51. The lowest BCUT2D eigenvalue weighted by atomic mass is 10.2. The lowest BCUT2D eigenvalue weighted by molar-refractivity contribution is -0.116. The third-order valence-corrected chi connectivity index (χ3v) is 4.93. The summed E-state index contributed by atoms with van der Waals surface area (Å²) in [6.45, 7) is 6.65. The highest BCUT2D eigenvalue weighted by atomic mass is 35.5. The highest BCUT2D eigenvalue weighted by Gasteiger charge is 2.20. The van der Waals surface area contributed by atoms with Gasteiger partial charge in [0.05, 0.1) is 6.33 Å². The fourth-order valence-electron chi connectivity index (χ4n) is 3.32. The molecule has 0 atom stereocenters. The molecule has 0 bridgehead atoms. The van der Waals surface area contributed by atoms with Gasteiger partial charge in [-0.15, -0.1) is 0 Å². The number of hydrogen-bond acceptors (Lipinski definition) is 4. The van der Waals surface area contributed by atoms with Gasteiger partial charge in [-0.2, -0.15) is 0 Å². The van der Waals surface area contributed by atoms with E-state index < -0.39 is 23.7 Å². The molecule has 0 spiro atoms. The molecule has 3 rings (SSSR count). The van der Waals surface area contributed by atoms with Crippen LogP contribution in [-0.2, 0) is 24.4 Å². The van der Waals surface area contributed by atoms with Crippen LogP contribution < -0.4 is 16.6 Å². The number of imidazole rings is 1. The highest BCUT2D eigenvalue weighted by molar-refractivity contribution is 6.30. The summed E-state index contributed by atoms with van der Waals surface area (Å²) in [7, 11) is 0. The maximum absolute atomic E-state index is 13.2. The zero-order valence-electron chi connectivity index (χ0n) is 17.4. The summed E-state index contributed by atoms with van der Waals surface area (Å²) in [5.41, 5.74) is 0.158. The molecular weight excluding hydrogens is 406 g/mol. The Bertz CT molecular complexity index is 1180. The number of hydrogen-bond donors (Lipinski definition) is 1. The molecule has 2 heterocycles. The van der Waals surface area contributed by atoms with E-state index in [-0.39, 0.29) is 5.92 Å². The molecule has 0 fully saturated rings. The van der Waals surface area contributed by atoms with Crippen LogP contribution in [0.25, 0.3) is 11.2 Å². The molecule has 8 nitrogen and oxygen atoms in total. The second-order valence-corrected chi connectivity index (χ2v) is 8.14. The maximum Gasteiger partial charge on any atom is 0.333 e. The summed E-state index contributed by atoms with van der Waals surface area (Å²) in [6.07, 6.45) is 3.43. The van der Waals surface area contributed by atoms with Crippen LogP contribution in [0.2, 0.25) is 5.02 Å². The normalized spacial score (nSPS) is 11.4. The first kappa shape index (κ1) is 21.8. The van der Waals surface area contributed by atoms with Gasteiger partial charge in [0.15, 0.2) is 11.2 Å². The number of amides is 1. The number of unbranched alkanes of at least 4 members (excludes halogenated alkanes) is 1. The molecule has 9 heteroatoms. The van der Waals surface area contributed by atoms with E-state index in [1.165, 1.54) is 4.57 Å². The number of rotatable bonds is 8. The topological polar surface area (TPSA) is 90.9 Å². The van der Waals surface area contributed by atoms with E-state index >= 15 is 0 Å². The highest BCUT2D eigenvalue weighted by Crippen LogP contribution is 2.15. The Balaban J connectivity index is 2.05. The second-order valence-electron chi connectivity index (χ2n) is 7.70. The summed E-state index contributed by atoms with van der Waals surface area (Å²) < 4.78 is 4.23. The monoisotopic (exact) mass is 431 g/mol. The predicted octanol–water partition coefficient (Wildman–Crippen LogP) is 3.11.